The molecule has 0 rings (SSSR count). The minimum Gasteiger partial charge on any atom is -0.375 e. The number of hydrogen-bond donors (Lipinski definition) is 2. The van der Waals surface area contributed by atoms with Gasteiger partial charge in [0, 0.05) is 6.54 Å². The van der Waals surface area contributed by atoms with Crippen molar-refractivity contribution in [1.29, 1.82) is 0 Å². The van der Waals surface area contributed by atoms with Gasteiger partial charge in [-0.3, -0.25) is 5.01 Å². The zero-order valence-corrected chi connectivity index (χ0v) is 7.32. The number of rotatable bonds is 3. The molecular formula is C6H15N3S. The highest BCUT2D eigenvalue weighted by Crippen LogP contribution is 1.98. The quantitative estimate of drug-likeness (QED) is 0.358. The Balaban J connectivity index is 3.40. The van der Waals surface area contributed by atoms with Crippen molar-refractivity contribution in [2.75, 3.05) is 6.54 Å². The lowest BCUT2D eigenvalue weighted by Crippen LogP contribution is -2.42. The molecule has 0 aromatic heterocycles. The topological polar surface area (TPSA) is 55.3 Å². The number of nitrogens with two attached hydrogens (primary N) is 2. The van der Waals surface area contributed by atoms with Crippen molar-refractivity contribution in [2.45, 2.75) is 20.3 Å². The average molecular weight is 161 g/mol. The van der Waals surface area contributed by atoms with Gasteiger partial charge in [0.15, 0.2) is 5.11 Å². The molecule has 0 aliphatic heterocycles. The fourth-order valence-electron chi connectivity index (χ4n) is 0.507. The Morgan fingerprint density at radius 3 is 2.40 bits per heavy atom. The van der Waals surface area contributed by atoms with Crippen LogP contribution in [0.3, 0.4) is 0 Å². The molecule has 0 saturated heterocycles. The van der Waals surface area contributed by atoms with E-state index in [2.05, 4.69) is 26.1 Å². The van der Waals surface area contributed by atoms with Gasteiger partial charge in [-0.25, -0.2) is 5.84 Å². The summed E-state index contributed by atoms with van der Waals surface area (Å²) < 4.78 is 0. The molecule has 0 heterocycles. The Kier molecular flexibility index (Phi) is 4.31. The average Bonchev–Trinajstić information content (AvgIpc) is 1.82. The molecule has 0 aromatic rings. The fraction of sp³-hybridized carbons (Fsp3) is 0.833. The molecule has 0 saturated carbocycles. The number of hydrogen-bond acceptors (Lipinski definition) is 2. The van der Waals surface area contributed by atoms with Crippen LogP contribution in [0, 0.1) is 5.92 Å². The van der Waals surface area contributed by atoms with Crippen molar-refractivity contribution in [3.8, 4) is 0 Å². The van der Waals surface area contributed by atoms with Crippen molar-refractivity contribution in [3.63, 3.8) is 0 Å². The standard InChI is InChI=1S/C6H15N3S/c1-5(2)3-4-9(8)6(7)10/h5H,3-4,8H2,1-2H3,(H2,7,10). The van der Waals surface area contributed by atoms with Crippen molar-refractivity contribution < 1.29 is 0 Å². The van der Waals surface area contributed by atoms with E-state index in [4.69, 9.17) is 11.6 Å². The predicted molar refractivity (Wildman–Crippen MR) is 47.1 cm³/mol. The third-order valence-corrected chi connectivity index (χ3v) is 1.46. The van der Waals surface area contributed by atoms with E-state index in [9.17, 15) is 0 Å². The van der Waals surface area contributed by atoms with Crippen molar-refractivity contribution in [2.24, 2.45) is 17.5 Å². The summed E-state index contributed by atoms with van der Waals surface area (Å²) >= 11 is 4.65. The zero-order chi connectivity index (χ0) is 8.15. The second kappa shape index (κ2) is 4.46. The molecule has 60 valence electrons. The van der Waals surface area contributed by atoms with Gasteiger partial charge in [0.25, 0.3) is 0 Å². The van der Waals surface area contributed by atoms with Gasteiger partial charge in [-0.2, -0.15) is 0 Å². The Morgan fingerprint density at radius 2 is 2.10 bits per heavy atom. The van der Waals surface area contributed by atoms with E-state index < -0.39 is 0 Å². The summed E-state index contributed by atoms with van der Waals surface area (Å²) in [5, 5.41) is 1.66. The maximum Gasteiger partial charge on any atom is 0.180 e. The van der Waals surface area contributed by atoms with Crippen LogP contribution < -0.4 is 11.6 Å². The van der Waals surface area contributed by atoms with Gasteiger partial charge < -0.3 is 5.73 Å². The third kappa shape index (κ3) is 4.52. The first-order valence-electron chi connectivity index (χ1n) is 3.35. The molecule has 0 radical (unpaired) electrons. The molecule has 4 N–H and O–H groups in total. The highest BCUT2D eigenvalue weighted by Gasteiger charge is 2.00. The molecule has 4 heteroatoms. The second-order valence-corrected chi connectivity index (χ2v) is 3.13. The Labute approximate surface area is 67.3 Å². The summed E-state index contributed by atoms with van der Waals surface area (Å²) in [5.41, 5.74) is 5.25. The predicted octanol–water partition coefficient (Wildman–Crippen LogP) is 0.452. The first-order valence-corrected chi connectivity index (χ1v) is 3.76. The lowest BCUT2D eigenvalue weighted by molar-refractivity contribution is 0.396. The van der Waals surface area contributed by atoms with Crippen LogP contribution in [-0.4, -0.2) is 16.7 Å². The van der Waals surface area contributed by atoms with Crippen LogP contribution in [0.4, 0.5) is 0 Å². The first kappa shape index (κ1) is 9.65. The SMILES string of the molecule is CC(C)CCN(N)C(N)=S. The molecular weight excluding hydrogens is 146 g/mol. The molecule has 0 aromatic carbocycles. The summed E-state index contributed by atoms with van der Waals surface area (Å²) in [5.74, 6) is 6.07. The highest BCUT2D eigenvalue weighted by molar-refractivity contribution is 7.80. The van der Waals surface area contributed by atoms with Gasteiger partial charge in [0.1, 0.15) is 0 Å². The maximum absolute atomic E-state index is 5.43. The highest BCUT2D eigenvalue weighted by atomic mass is 32.1. The summed E-state index contributed by atoms with van der Waals surface area (Å²) in [6.07, 6.45) is 1.02. The van der Waals surface area contributed by atoms with Crippen LogP contribution in [0.2, 0.25) is 0 Å². The molecule has 3 nitrogen and oxygen atoms in total. The Hall–Kier alpha value is -0.350. The molecule has 10 heavy (non-hydrogen) atoms. The number of hydrazine groups is 1. The maximum atomic E-state index is 5.43. The Morgan fingerprint density at radius 1 is 1.60 bits per heavy atom. The molecule has 0 spiro atoms. The molecule has 0 aliphatic carbocycles. The van der Waals surface area contributed by atoms with E-state index in [0.717, 1.165) is 13.0 Å². The number of thiocarbonyl (C=S) groups is 1. The molecule has 0 fully saturated rings. The summed E-state index contributed by atoms with van der Waals surface area (Å²) in [6.45, 7) is 5.01. The zero-order valence-electron chi connectivity index (χ0n) is 6.50. The first-order chi connectivity index (χ1) is 4.54. The van der Waals surface area contributed by atoms with Gasteiger partial charge in [-0.05, 0) is 24.6 Å². The summed E-state index contributed by atoms with van der Waals surface area (Å²) in [7, 11) is 0. The van der Waals surface area contributed by atoms with Gasteiger partial charge >= 0.3 is 0 Å². The van der Waals surface area contributed by atoms with Crippen LogP contribution in [-0.2, 0) is 0 Å². The van der Waals surface area contributed by atoms with Crippen LogP contribution in [0.1, 0.15) is 20.3 Å². The van der Waals surface area contributed by atoms with E-state index in [-0.39, 0.29) is 5.11 Å². The summed E-state index contributed by atoms with van der Waals surface area (Å²) in [6, 6.07) is 0. The molecule has 0 amide bonds. The fourth-order valence-corrected chi connectivity index (χ4v) is 0.599. The monoisotopic (exact) mass is 161 g/mol. The van der Waals surface area contributed by atoms with E-state index in [1.807, 2.05) is 0 Å². The van der Waals surface area contributed by atoms with Crippen LogP contribution in [0.25, 0.3) is 0 Å². The molecule has 0 bridgehead atoms. The largest absolute Gasteiger partial charge is 0.375 e. The Bertz CT molecular complexity index is 114. The van der Waals surface area contributed by atoms with Crippen LogP contribution >= 0.6 is 12.2 Å². The van der Waals surface area contributed by atoms with Gasteiger partial charge in [-0.15, -0.1) is 0 Å². The van der Waals surface area contributed by atoms with E-state index in [1.54, 1.807) is 0 Å². The van der Waals surface area contributed by atoms with Crippen molar-refractivity contribution >= 4 is 17.3 Å². The van der Waals surface area contributed by atoms with Crippen LogP contribution in [0.15, 0.2) is 0 Å². The van der Waals surface area contributed by atoms with E-state index >= 15 is 0 Å². The second-order valence-electron chi connectivity index (χ2n) is 2.71. The van der Waals surface area contributed by atoms with E-state index in [1.165, 1.54) is 5.01 Å². The van der Waals surface area contributed by atoms with Crippen molar-refractivity contribution in [1.82, 2.24) is 5.01 Å². The smallest absolute Gasteiger partial charge is 0.180 e. The summed E-state index contributed by atoms with van der Waals surface area (Å²) in [4.78, 5) is 0. The lowest BCUT2D eigenvalue weighted by atomic mass is 10.1. The number of nitrogens with zero attached hydrogens (tertiary/aromatic N) is 1. The molecule has 0 aliphatic rings. The van der Waals surface area contributed by atoms with Crippen molar-refractivity contribution in [3.05, 3.63) is 0 Å². The lowest BCUT2D eigenvalue weighted by Gasteiger charge is -2.16. The van der Waals surface area contributed by atoms with Gasteiger partial charge in [-0.1, -0.05) is 13.8 Å². The molecule has 0 atom stereocenters. The van der Waals surface area contributed by atoms with Crippen LogP contribution in [0.5, 0.6) is 0 Å². The minimum absolute atomic E-state index is 0.264. The van der Waals surface area contributed by atoms with E-state index in [0.29, 0.717) is 5.92 Å². The minimum atomic E-state index is 0.264. The van der Waals surface area contributed by atoms with Gasteiger partial charge in [0.2, 0.25) is 0 Å². The normalized spacial score (nSPS) is 10.0. The third-order valence-electron chi connectivity index (χ3n) is 1.23. The molecule has 0 unspecified atom stereocenters. The van der Waals surface area contributed by atoms with Gasteiger partial charge in [0.05, 0.1) is 0 Å².